The number of rotatable bonds is 3. The zero-order chi connectivity index (χ0) is 20.6. The first kappa shape index (κ1) is 20.4. The standard InChI is InChI=1S/C24H28F3NO/c1-23(2)16-28(14-17-9-11-29-12-10-17)15-20-13-19(5-8-22(20)23)18-3-6-21(7-4-18)24(25,26)27/h3-8,13,17H,9-12,14-16H2,1-2H3. The smallest absolute Gasteiger partial charge is 0.381 e. The predicted molar refractivity (Wildman–Crippen MR) is 109 cm³/mol. The zero-order valence-corrected chi connectivity index (χ0v) is 17.1. The molecule has 0 aliphatic carbocycles. The summed E-state index contributed by atoms with van der Waals surface area (Å²) in [6, 6.07) is 11.8. The highest BCUT2D eigenvalue weighted by molar-refractivity contribution is 5.66. The van der Waals surface area contributed by atoms with E-state index in [1.165, 1.54) is 11.1 Å². The maximum absolute atomic E-state index is 12.9. The summed E-state index contributed by atoms with van der Waals surface area (Å²) in [4.78, 5) is 2.54. The molecule has 5 heteroatoms. The number of fused-ring (bicyclic) bond motifs is 1. The molecule has 2 aromatic rings. The Bertz CT molecular complexity index is 851. The number of benzene rings is 2. The van der Waals surface area contributed by atoms with Gasteiger partial charge in [-0.1, -0.05) is 38.1 Å². The van der Waals surface area contributed by atoms with Gasteiger partial charge < -0.3 is 4.74 Å². The van der Waals surface area contributed by atoms with E-state index >= 15 is 0 Å². The molecular weight excluding hydrogens is 375 g/mol. The molecule has 1 saturated heterocycles. The van der Waals surface area contributed by atoms with Gasteiger partial charge in [-0.2, -0.15) is 13.2 Å². The molecule has 2 heterocycles. The third-order valence-electron chi connectivity index (χ3n) is 6.25. The van der Waals surface area contributed by atoms with E-state index in [0.717, 1.165) is 68.9 Å². The Balaban J connectivity index is 1.57. The largest absolute Gasteiger partial charge is 0.416 e. The Morgan fingerprint density at radius 2 is 1.66 bits per heavy atom. The van der Waals surface area contributed by atoms with Crippen molar-refractivity contribution in [3.05, 3.63) is 59.2 Å². The molecule has 0 amide bonds. The van der Waals surface area contributed by atoms with Crippen LogP contribution in [0.15, 0.2) is 42.5 Å². The number of ether oxygens (including phenoxy) is 1. The minimum absolute atomic E-state index is 0.0530. The molecule has 2 nitrogen and oxygen atoms in total. The normalized spacial score (nSPS) is 20.4. The number of nitrogens with zero attached hydrogens (tertiary/aromatic N) is 1. The second-order valence-corrected chi connectivity index (χ2v) is 9.06. The molecule has 2 aliphatic rings. The fourth-order valence-corrected chi connectivity index (χ4v) is 4.78. The van der Waals surface area contributed by atoms with Gasteiger partial charge in [0.05, 0.1) is 5.56 Å². The highest BCUT2D eigenvalue weighted by Gasteiger charge is 2.33. The fourth-order valence-electron chi connectivity index (χ4n) is 4.78. The Morgan fingerprint density at radius 1 is 1.00 bits per heavy atom. The molecule has 0 radical (unpaired) electrons. The fraction of sp³-hybridized carbons (Fsp3) is 0.500. The van der Waals surface area contributed by atoms with Gasteiger partial charge in [0.15, 0.2) is 0 Å². The van der Waals surface area contributed by atoms with E-state index in [9.17, 15) is 13.2 Å². The molecule has 2 aromatic carbocycles. The van der Waals surface area contributed by atoms with Crippen LogP contribution in [0.4, 0.5) is 13.2 Å². The second-order valence-electron chi connectivity index (χ2n) is 9.06. The van der Waals surface area contributed by atoms with Gasteiger partial charge in [0.25, 0.3) is 0 Å². The quantitative estimate of drug-likeness (QED) is 0.633. The van der Waals surface area contributed by atoms with E-state index in [-0.39, 0.29) is 5.41 Å². The van der Waals surface area contributed by atoms with Crippen molar-refractivity contribution in [3.8, 4) is 11.1 Å². The van der Waals surface area contributed by atoms with E-state index in [1.54, 1.807) is 12.1 Å². The summed E-state index contributed by atoms with van der Waals surface area (Å²) in [6.07, 6.45) is -2.06. The van der Waals surface area contributed by atoms with Gasteiger partial charge in [0.2, 0.25) is 0 Å². The average Bonchev–Trinajstić information content (AvgIpc) is 2.67. The van der Waals surface area contributed by atoms with E-state index in [0.29, 0.717) is 5.92 Å². The van der Waals surface area contributed by atoms with Crippen LogP contribution in [0.2, 0.25) is 0 Å². The Labute approximate surface area is 170 Å². The number of hydrogen-bond donors (Lipinski definition) is 0. The van der Waals surface area contributed by atoms with Crippen LogP contribution in [0.25, 0.3) is 11.1 Å². The molecule has 29 heavy (non-hydrogen) atoms. The van der Waals surface area contributed by atoms with Gasteiger partial charge in [-0.25, -0.2) is 0 Å². The maximum Gasteiger partial charge on any atom is 0.416 e. The first-order valence-electron chi connectivity index (χ1n) is 10.3. The maximum atomic E-state index is 12.9. The average molecular weight is 403 g/mol. The molecule has 2 aliphatic heterocycles. The van der Waals surface area contributed by atoms with Gasteiger partial charge in [-0.05, 0) is 59.2 Å². The monoisotopic (exact) mass is 403 g/mol. The summed E-state index contributed by atoms with van der Waals surface area (Å²) in [5.74, 6) is 0.680. The SMILES string of the molecule is CC1(C)CN(CC2CCOCC2)Cc2cc(-c3ccc(C(F)(F)F)cc3)ccc21. The zero-order valence-electron chi connectivity index (χ0n) is 17.1. The summed E-state index contributed by atoms with van der Waals surface area (Å²) in [7, 11) is 0. The molecule has 0 bridgehead atoms. The molecule has 4 rings (SSSR count). The third-order valence-corrected chi connectivity index (χ3v) is 6.25. The van der Waals surface area contributed by atoms with Gasteiger partial charge in [0.1, 0.15) is 0 Å². The topological polar surface area (TPSA) is 12.5 Å². The number of halogens is 3. The highest BCUT2D eigenvalue weighted by atomic mass is 19.4. The van der Waals surface area contributed by atoms with Crippen LogP contribution in [0.1, 0.15) is 43.4 Å². The molecule has 0 spiro atoms. The van der Waals surface area contributed by atoms with Crippen LogP contribution in [-0.2, 0) is 22.9 Å². The Kier molecular flexibility index (Phi) is 5.47. The van der Waals surface area contributed by atoms with Crippen LogP contribution >= 0.6 is 0 Å². The summed E-state index contributed by atoms with van der Waals surface area (Å²) < 4.78 is 44.1. The van der Waals surface area contributed by atoms with Crippen molar-refractivity contribution in [2.75, 3.05) is 26.3 Å². The molecule has 0 aromatic heterocycles. The molecule has 0 N–H and O–H groups in total. The van der Waals surface area contributed by atoms with Crippen molar-refractivity contribution in [1.82, 2.24) is 4.90 Å². The van der Waals surface area contributed by atoms with Crippen molar-refractivity contribution in [1.29, 1.82) is 0 Å². The van der Waals surface area contributed by atoms with Crippen molar-refractivity contribution < 1.29 is 17.9 Å². The van der Waals surface area contributed by atoms with E-state index < -0.39 is 11.7 Å². The molecule has 1 fully saturated rings. The first-order chi connectivity index (χ1) is 13.7. The van der Waals surface area contributed by atoms with Gasteiger partial charge in [-0.15, -0.1) is 0 Å². The molecule has 0 atom stereocenters. The van der Waals surface area contributed by atoms with Crippen LogP contribution < -0.4 is 0 Å². The second kappa shape index (κ2) is 7.77. The summed E-state index contributed by atoms with van der Waals surface area (Å²) >= 11 is 0. The van der Waals surface area contributed by atoms with Crippen molar-refractivity contribution in [2.24, 2.45) is 5.92 Å². The van der Waals surface area contributed by atoms with E-state index in [4.69, 9.17) is 4.74 Å². The van der Waals surface area contributed by atoms with E-state index in [2.05, 4.69) is 30.9 Å². The van der Waals surface area contributed by atoms with Gasteiger partial charge in [-0.3, -0.25) is 4.90 Å². The summed E-state index contributed by atoms with van der Waals surface area (Å²) in [6.45, 7) is 9.27. The third kappa shape index (κ3) is 4.51. The molecule has 0 unspecified atom stereocenters. The lowest BCUT2D eigenvalue weighted by Gasteiger charge is -2.42. The predicted octanol–water partition coefficient (Wildman–Crippen LogP) is 5.89. The number of alkyl halides is 3. The van der Waals surface area contributed by atoms with Crippen molar-refractivity contribution in [3.63, 3.8) is 0 Å². The van der Waals surface area contributed by atoms with Crippen LogP contribution in [0.5, 0.6) is 0 Å². The summed E-state index contributed by atoms with van der Waals surface area (Å²) in [5, 5.41) is 0. The first-order valence-corrected chi connectivity index (χ1v) is 10.3. The van der Waals surface area contributed by atoms with Gasteiger partial charge in [0, 0.05) is 38.3 Å². The lowest BCUT2D eigenvalue weighted by atomic mass is 9.77. The van der Waals surface area contributed by atoms with Crippen LogP contribution in [0.3, 0.4) is 0 Å². The molecule has 156 valence electrons. The highest BCUT2D eigenvalue weighted by Crippen LogP contribution is 2.37. The number of hydrogen-bond acceptors (Lipinski definition) is 2. The van der Waals surface area contributed by atoms with Crippen molar-refractivity contribution in [2.45, 2.75) is 44.8 Å². The lowest BCUT2D eigenvalue weighted by molar-refractivity contribution is -0.137. The molecular formula is C24H28F3NO. The molecule has 0 saturated carbocycles. The van der Waals surface area contributed by atoms with Crippen LogP contribution in [0, 0.1) is 5.92 Å². The van der Waals surface area contributed by atoms with E-state index in [1.807, 2.05) is 6.07 Å². The minimum Gasteiger partial charge on any atom is -0.381 e. The van der Waals surface area contributed by atoms with Crippen LogP contribution in [-0.4, -0.2) is 31.2 Å². The minimum atomic E-state index is -4.30. The summed E-state index contributed by atoms with van der Waals surface area (Å²) in [5.41, 5.74) is 3.86. The van der Waals surface area contributed by atoms with Gasteiger partial charge >= 0.3 is 6.18 Å². The van der Waals surface area contributed by atoms with Crippen molar-refractivity contribution >= 4 is 0 Å². The Hall–Kier alpha value is -1.85. The lowest BCUT2D eigenvalue weighted by Crippen LogP contribution is -2.44. The Morgan fingerprint density at radius 3 is 2.31 bits per heavy atom.